The fourth-order valence-corrected chi connectivity index (χ4v) is 3.79. The Hall–Kier alpha value is -1.96. The number of hydrogen-bond acceptors (Lipinski definition) is 5. The zero-order chi connectivity index (χ0) is 19.2. The van der Waals surface area contributed by atoms with Gasteiger partial charge in [0.15, 0.2) is 5.11 Å². The fraction of sp³-hybridized carbons (Fsp3) is 0.500. The van der Waals surface area contributed by atoms with Crippen LogP contribution < -0.4 is 10.1 Å². The molecule has 0 bridgehead atoms. The lowest BCUT2D eigenvalue weighted by Crippen LogP contribution is -2.32. The van der Waals surface area contributed by atoms with E-state index in [1.165, 1.54) is 12.8 Å². The minimum atomic E-state index is -0.0898. The number of nitrogens with one attached hydrogen (secondary N) is 1. The highest BCUT2D eigenvalue weighted by atomic mass is 32.1. The van der Waals surface area contributed by atoms with E-state index in [1.54, 1.807) is 19.1 Å². The molecule has 27 heavy (non-hydrogen) atoms. The number of benzene rings is 1. The van der Waals surface area contributed by atoms with Crippen molar-refractivity contribution in [3.63, 3.8) is 0 Å². The van der Waals surface area contributed by atoms with Crippen molar-refractivity contribution >= 4 is 29.3 Å². The van der Waals surface area contributed by atoms with Gasteiger partial charge in [0.05, 0.1) is 7.11 Å². The van der Waals surface area contributed by atoms with E-state index in [2.05, 4.69) is 16.3 Å². The molecule has 2 heterocycles. The molecule has 1 N–H and O–H groups in total. The van der Waals surface area contributed by atoms with Crippen molar-refractivity contribution in [2.24, 2.45) is 0 Å². The molecule has 0 aromatic heterocycles. The Balaban J connectivity index is 1.75. The third kappa shape index (κ3) is 4.86. The first-order valence-electron chi connectivity index (χ1n) is 9.35. The molecule has 0 spiro atoms. The number of carbonyl (C=O) groups excluding carboxylic acids is 1. The Bertz CT molecular complexity index is 729. The van der Waals surface area contributed by atoms with Crippen LogP contribution in [0.3, 0.4) is 0 Å². The summed E-state index contributed by atoms with van der Waals surface area (Å²) in [6.07, 6.45) is 5.11. The summed E-state index contributed by atoms with van der Waals surface area (Å²) in [5.74, 6) is 0.791. The van der Waals surface area contributed by atoms with Crippen LogP contribution in [-0.2, 0) is 16.1 Å². The van der Waals surface area contributed by atoms with Gasteiger partial charge in [0.2, 0.25) is 0 Å². The molecule has 0 saturated carbocycles. The van der Waals surface area contributed by atoms with Gasteiger partial charge in [-0.15, -0.1) is 0 Å². The highest BCUT2D eigenvalue weighted by Crippen LogP contribution is 2.25. The Kier molecular flexibility index (Phi) is 6.82. The van der Waals surface area contributed by atoms with Gasteiger partial charge in [-0.25, -0.2) is 0 Å². The number of methoxy groups -OCH3 is 2. The van der Waals surface area contributed by atoms with Gasteiger partial charge in [-0.05, 0) is 68.3 Å². The van der Waals surface area contributed by atoms with Crippen molar-refractivity contribution in [1.82, 2.24) is 15.1 Å². The number of carbonyl (C=O) groups is 1. The Labute approximate surface area is 166 Å². The third-order valence-corrected chi connectivity index (χ3v) is 5.22. The first kappa shape index (κ1) is 19.8. The van der Waals surface area contributed by atoms with Gasteiger partial charge >= 0.3 is 0 Å². The second kappa shape index (κ2) is 9.30. The molecule has 2 aliphatic heterocycles. The summed E-state index contributed by atoms with van der Waals surface area (Å²) in [6.45, 7) is 4.27. The SMILES string of the molecule is COCCCN1C(=O)/C(=C\c2ccc(OC)c(CN3CCCC3)c2)NC1=S. The summed E-state index contributed by atoms with van der Waals surface area (Å²) in [5, 5.41) is 3.49. The topological polar surface area (TPSA) is 54.0 Å². The normalized spacial score (nSPS) is 19.2. The Morgan fingerprint density at radius 3 is 2.74 bits per heavy atom. The minimum Gasteiger partial charge on any atom is -0.496 e. The van der Waals surface area contributed by atoms with Crippen LogP contribution in [0.2, 0.25) is 0 Å². The van der Waals surface area contributed by atoms with Crippen molar-refractivity contribution in [1.29, 1.82) is 0 Å². The van der Waals surface area contributed by atoms with Gasteiger partial charge in [0.25, 0.3) is 5.91 Å². The van der Waals surface area contributed by atoms with E-state index in [0.29, 0.717) is 24.0 Å². The van der Waals surface area contributed by atoms with Gasteiger partial charge in [-0.2, -0.15) is 0 Å². The molecule has 1 amide bonds. The van der Waals surface area contributed by atoms with Crippen molar-refractivity contribution in [3.05, 3.63) is 35.0 Å². The van der Waals surface area contributed by atoms with Gasteiger partial charge in [0.1, 0.15) is 11.4 Å². The minimum absolute atomic E-state index is 0.0898. The summed E-state index contributed by atoms with van der Waals surface area (Å²) in [6, 6.07) is 6.02. The highest BCUT2D eigenvalue weighted by molar-refractivity contribution is 7.80. The van der Waals surface area contributed by atoms with E-state index in [0.717, 1.165) is 42.9 Å². The average molecular weight is 390 g/mol. The lowest BCUT2D eigenvalue weighted by molar-refractivity contribution is -0.122. The lowest BCUT2D eigenvalue weighted by Gasteiger charge is -2.17. The molecule has 1 aromatic rings. The van der Waals surface area contributed by atoms with Gasteiger partial charge in [0, 0.05) is 32.4 Å². The molecule has 3 rings (SSSR count). The maximum Gasteiger partial charge on any atom is 0.276 e. The molecule has 1 aromatic carbocycles. The van der Waals surface area contributed by atoms with Crippen molar-refractivity contribution in [2.75, 3.05) is 40.5 Å². The molecule has 146 valence electrons. The van der Waals surface area contributed by atoms with Gasteiger partial charge in [-0.3, -0.25) is 14.6 Å². The van der Waals surface area contributed by atoms with Crippen LogP contribution in [-0.4, -0.2) is 61.3 Å². The summed E-state index contributed by atoms with van der Waals surface area (Å²) < 4.78 is 10.6. The number of amides is 1. The van der Waals surface area contributed by atoms with Crippen molar-refractivity contribution in [2.45, 2.75) is 25.8 Å². The second-order valence-corrected chi connectivity index (χ2v) is 7.23. The first-order chi connectivity index (χ1) is 13.1. The van der Waals surface area contributed by atoms with E-state index >= 15 is 0 Å². The number of rotatable bonds is 8. The smallest absolute Gasteiger partial charge is 0.276 e. The van der Waals surface area contributed by atoms with Crippen LogP contribution in [0.4, 0.5) is 0 Å². The van der Waals surface area contributed by atoms with Crippen molar-refractivity contribution in [3.8, 4) is 5.75 Å². The molecule has 0 atom stereocenters. The third-order valence-electron chi connectivity index (χ3n) is 4.90. The molecule has 0 aliphatic carbocycles. The molecular weight excluding hydrogens is 362 g/mol. The Morgan fingerprint density at radius 1 is 1.26 bits per heavy atom. The molecule has 2 aliphatic rings. The second-order valence-electron chi connectivity index (χ2n) is 6.85. The maximum atomic E-state index is 12.6. The first-order valence-corrected chi connectivity index (χ1v) is 9.76. The summed E-state index contributed by atoms with van der Waals surface area (Å²) >= 11 is 5.31. The standard InChI is InChI=1S/C20H27N3O3S/c1-25-11-5-10-23-19(24)17(21-20(23)27)13-15-6-7-18(26-2)16(12-15)14-22-8-3-4-9-22/h6-7,12-13H,3-5,8-11,14H2,1-2H3,(H,21,27)/b17-13+. The lowest BCUT2D eigenvalue weighted by atomic mass is 10.1. The monoisotopic (exact) mass is 389 g/mol. The predicted molar refractivity (Wildman–Crippen MR) is 109 cm³/mol. The van der Waals surface area contributed by atoms with E-state index < -0.39 is 0 Å². The maximum absolute atomic E-state index is 12.6. The van der Waals surface area contributed by atoms with Crippen LogP contribution in [0.1, 0.15) is 30.4 Å². The van der Waals surface area contributed by atoms with Gasteiger partial charge in [-0.1, -0.05) is 6.07 Å². The van der Waals surface area contributed by atoms with Crippen LogP contribution >= 0.6 is 12.2 Å². The summed E-state index contributed by atoms with van der Waals surface area (Å²) in [7, 11) is 3.34. The largest absolute Gasteiger partial charge is 0.496 e. The van der Waals surface area contributed by atoms with Crippen LogP contribution in [0.5, 0.6) is 5.75 Å². The fourth-order valence-electron chi connectivity index (χ4n) is 3.50. The number of ether oxygens (including phenoxy) is 2. The quantitative estimate of drug-likeness (QED) is 0.419. The summed E-state index contributed by atoms with van der Waals surface area (Å²) in [5.41, 5.74) is 2.61. The van der Waals surface area contributed by atoms with Gasteiger partial charge < -0.3 is 14.8 Å². The molecule has 6 nitrogen and oxygen atoms in total. The molecule has 2 fully saturated rings. The predicted octanol–water partition coefficient (Wildman–Crippen LogP) is 2.39. The van der Waals surface area contributed by atoms with E-state index in [4.69, 9.17) is 21.7 Å². The summed E-state index contributed by atoms with van der Waals surface area (Å²) in [4.78, 5) is 16.7. The number of likely N-dealkylation sites (tertiary alicyclic amines) is 1. The van der Waals surface area contributed by atoms with E-state index in [1.807, 2.05) is 18.2 Å². The highest BCUT2D eigenvalue weighted by Gasteiger charge is 2.30. The van der Waals surface area contributed by atoms with E-state index in [-0.39, 0.29) is 5.91 Å². The van der Waals surface area contributed by atoms with E-state index in [9.17, 15) is 4.79 Å². The van der Waals surface area contributed by atoms with Crippen LogP contribution in [0, 0.1) is 0 Å². The zero-order valence-corrected chi connectivity index (χ0v) is 16.8. The van der Waals surface area contributed by atoms with Crippen molar-refractivity contribution < 1.29 is 14.3 Å². The number of hydrogen-bond donors (Lipinski definition) is 1. The molecule has 0 unspecified atom stereocenters. The number of nitrogens with zero attached hydrogens (tertiary/aromatic N) is 2. The molecular formula is C20H27N3O3S. The van der Waals surface area contributed by atoms with Crippen LogP contribution in [0.25, 0.3) is 6.08 Å². The molecule has 2 saturated heterocycles. The Morgan fingerprint density at radius 2 is 2.04 bits per heavy atom. The zero-order valence-electron chi connectivity index (χ0n) is 16.0. The molecule has 7 heteroatoms. The molecule has 0 radical (unpaired) electrons. The number of thiocarbonyl (C=S) groups is 1. The van der Waals surface area contributed by atoms with Crippen LogP contribution in [0.15, 0.2) is 23.9 Å². The average Bonchev–Trinajstić information content (AvgIpc) is 3.26.